The first-order valence-electron chi connectivity index (χ1n) is 9.74. The van der Waals surface area contributed by atoms with E-state index in [1.165, 1.54) is 12.1 Å². The van der Waals surface area contributed by atoms with Crippen molar-refractivity contribution < 1.29 is 13.2 Å². The van der Waals surface area contributed by atoms with Gasteiger partial charge in [0, 0.05) is 16.9 Å². The monoisotopic (exact) mass is 399 g/mol. The summed E-state index contributed by atoms with van der Waals surface area (Å²) < 4.78 is 42.5. The van der Waals surface area contributed by atoms with E-state index in [-0.39, 0.29) is 0 Å². The summed E-state index contributed by atoms with van der Waals surface area (Å²) >= 11 is 0. The van der Waals surface area contributed by atoms with Crippen molar-refractivity contribution in [3.63, 3.8) is 0 Å². The van der Waals surface area contributed by atoms with E-state index >= 15 is 0 Å². The van der Waals surface area contributed by atoms with Gasteiger partial charge in [-0.1, -0.05) is 90.4 Å². The Bertz CT molecular complexity index is 1190. The van der Waals surface area contributed by atoms with E-state index in [0.717, 1.165) is 22.4 Å². The predicted molar refractivity (Wildman–Crippen MR) is 117 cm³/mol. The summed E-state index contributed by atoms with van der Waals surface area (Å²) in [5.41, 5.74) is 3.68. The van der Waals surface area contributed by atoms with Crippen molar-refractivity contribution in [3.8, 4) is 11.1 Å². The summed E-state index contributed by atoms with van der Waals surface area (Å²) in [7, 11) is 0. The summed E-state index contributed by atoms with van der Waals surface area (Å²) in [6, 6.07) is 31.2. The van der Waals surface area contributed by atoms with Crippen LogP contribution in [0.15, 0.2) is 103 Å². The molecule has 4 aromatic carbocycles. The van der Waals surface area contributed by atoms with Gasteiger partial charge in [-0.05, 0) is 29.2 Å². The van der Waals surface area contributed by atoms with Crippen molar-refractivity contribution in [2.45, 2.75) is 6.18 Å². The van der Waals surface area contributed by atoms with E-state index in [1.54, 1.807) is 6.07 Å². The Labute approximate surface area is 173 Å². The molecule has 0 radical (unpaired) electrons. The smallest absolute Gasteiger partial charge is 0.376 e. The van der Waals surface area contributed by atoms with Gasteiger partial charge in [0.25, 0.3) is 0 Å². The van der Waals surface area contributed by atoms with Crippen LogP contribution in [0.1, 0.15) is 5.56 Å². The number of halogens is 3. The first kappa shape index (κ1) is 18.6. The van der Waals surface area contributed by atoms with Crippen molar-refractivity contribution in [1.29, 1.82) is 0 Å². The second-order valence-corrected chi connectivity index (χ2v) is 7.30. The minimum absolute atomic E-state index is 0.291. The van der Waals surface area contributed by atoms with Crippen LogP contribution < -0.4 is 15.7 Å². The highest BCUT2D eigenvalue weighted by Crippen LogP contribution is 2.41. The van der Waals surface area contributed by atoms with Crippen molar-refractivity contribution in [2.75, 3.05) is 4.81 Å². The van der Waals surface area contributed by atoms with Gasteiger partial charge >= 0.3 is 13.0 Å². The van der Waals surface area contributed by atoms with Crippen LogP contribution in [-0.4, -0.2) is 6.85 Å². The highest BCUT2D eigenvalue weighted by molar-refractivity contribution is 6.91. The largest absolute Gasteiger partial charge is 0.416 e. The predicted octanol–water partition coefficient (Wildman–Crippen LogP) is 5.63. The molecular weight excluding hydrogens is 382 g/mol. The minimum atomic E-state index is -4.45. The molecule has 5 heteroatoms. The van der Waals surface area contributed by atoms with Crippen LogP contribution in [0.5, 0.6) is 0 Å². The fraction of sp³-hybridized carbons (Fsp3) is 0.0400. The Morgan fingerprint density at radius 1 is 0.600 bits per heavy atom. The lowest BCUT2D eigenvalue weighted by atomic mass is 9.44. The lowest BCUT2D eigenvalue weighted by Gasteiger charge is -2.40. The normalized spacial score (nSPS) is 13.0. The zero-order valence-electron chi connectivity index (χ0n) is 16.0. The second kappa shape index (κ2) is 7.10. The number of alkyl halides is 3. The van der Waals surface area contributed by atoms with Gasteiger partial charge in [-0.25, -0.2) is 0 Å². The van der Waals surface area contributed by atoms with E-state index in [9.17, 15) is 13.2 Å². The molecule has 30 heavy (non-hydrogen) atoms. The highest BCUT2D eigenvalue weighted by atomic mass is 19.4. The molecule has 0 saturated carbocycles. The zero-order chi connectivity index (χ0) is 20.7. The second-order valence-electron chi connectivity index (χ2n) is 7.30. The first-order valence-corrected chi connectivity index (χ1v) is 9.74. The van der Waals surface area contributed by atoms with Crippen LogP contribution in [0.2, 0.25) is 0 Å². The molecule has 146 valence electrons. The topological polar surface area (TPSA) is 3.24 Å². The fourth-order valence-electron chi connectivity index (χ4n) is 4.35. The number of hydrogen-bond acceptors (Lipinski definition) is 1. The molecule has 1 aliphatic heterocycles. The summed E-state index contributed by atoms with van der Waals surface area (Å²) in [6.07, 6.45) is -4.45. The SMILES string of the molecule is FC(F)(F)c1cccc2c1B(c1ccccc1)N(c1ccccc1)c1ccccc1-2. The molecule has 0 fully saturated rings. The maximum absolute atomic E-state index is 14.2. The first-order chi connectivity index (χ1) is 14.6. The number of rotatable bonds is 2. The summed E-state index contributed by atoms with van der Waals surface area (Å²) in [6.45, 7) is -0.601. The van der Waals surface area contributed by atoms with Crippen LogP contribution in [0, 0.1) is 0 Å². The number of fused-ring (bicyclic) bond motifs is 3. The van der Waals surface area contributed by atoms with E-state index in [1.807, 2.05) is 89.7 Å². The van der Waals surface area contributed by atoms with Crippen molar-refractivity contribution in [1.82, 2.24) is 0 Å². The molecule has 4 aromatic rings. The highest BCUT2D eigenvalue weighted by Gasteiger charge is 2.44. The summed E-state index contributed by atoms with van der Waals surface area (Å²) in [5, 5.41) is 0. The van der Waals surface area contributed by atoms with E-state index in [4.69, 9.17) is 0 Å². The third kappa shape index (κ3) is 2.98. The molecule has 0 atom stereocenters. The van der Waals surface area contributed by atoms with E-state index < -0.39 is 18.6 Å². The maximum Gasteiger partial charge on any atom is 0.416 e. The molecule has 0 aliphatic carbocycles. The molecule has 1 aliphatic rings. The van der Waals surface area contributed by atoms with Crippen LogP contribution in [0.25, 0.3) is 11.1 Å². The maximum atomic E-state index is 14.2. The average Bonchev–Trinajstić information content (AvgIpc) is 2.78. The number of nitrogens with zero attached hydrogens (tertiary/aromatic N) is 1. The van der Waals surface area contributed by atoms with Crippen molar-refractivity contribution in [3.05, 3.63) is 109 Å². The van der Waals surface area contributed by atoms with E-state index in [0.29, 0.717) is 11.0 Å². The Morgan fingerprint density at radius 2 is 1.20 bits per heavy atom. The Morgan fingerprint density at radius 3 is 1.90 bits per heavy atom. The number of anilines is 2. The molecule has 1 heterocycles. The zero-order valence-corrected chi connectivity index (χ0v) is 16.0. The molecule has 0 aromatic heterocycles. The van der Waals surface area contributed by atoms with Crippen molar-refractivity contribution >= 4 is 29.1 Å². The quantitative estimate of drug-likeness (QED) is 0.395. The molecular formula is C25H17BF3N. The minimum Gasteiger partial charge on any atom is -0.376 e. The Kier molecular flexibility index (Phi) is 4.39. The summed E-state index contributed by atoms with van der Waals surface area (Å²) in [4.78, 5) is 2.02. The Balaban J connectivity index is 1.90. The van der Waals surface area contributed by atoms with Crippen LogP contribution >= 0.6 is 0 Å². The standard InChI is InChI=1S/C25H17BF3N/c27-25(28,29)22-16-9-15-21-20-14-7-8-17-23(20)30(19-12-5-2-6-13-19)26(24(21)22)18-10-3-1-4-11-18/h1-17H. The molecule has 0 spiro atoms. The lowest BCUT2D eigenvalue weighted by molar-refractivity contribution is -0.136. The van der Waals surface area contributed by atoms with Crippen LogP contribution in [0.3, 0.4) is 0 Å². The number of para-hydroxylation sites is 2. The fourth-order valence-corrected chi connectivity index (χ4v) is 4.35. The molecule has 0 saturated heterocycles. The van der Waals surface area contributed by atoms with Gasteiger partial charge in [0.1, 0.15) is 0 Å². The molecule has 0 amide bonds. The molecule has 1 nitrogen and oxygen atoms in total. The van der Waals surface area contributed by atoms with E-state index in [2.05, 4.69) is 0 Å². The van der Waals surface area contributed by atoms with Gasteiger partial charge in [0.05, 0.1) is 5.56 Å². The number of benzene rings is 4. The van der Waals surface area contributed by atoms with Gasteiger partial charge in [0.15, 0.2) is 0 Å². The van der Waals surface area contributed by atoms with Gasteiger partial charge < -0.3 is 4.81 Å². The van der Waals surface area contributed by atoms with Gasteiger partial charge in [-0.2, -0.15) is 13.2 Å². The third-order valence-corrected chi connectivity index (χ3v) is 5.55. The molecule has 5 rings (SSSR count). The Hall–Kier alpha value is -3.47. The third-order valence-electron chi connectivity index (χ3n) is 5.55. The van der Waals surface area contributed by atoms with Gasteiger partial charge in [-0.15, -0.1) is 0 Å². The van der Waals surface area contributed by atoms with Crippen molar-refractivity contribution in [2.24, 2.45) is 0 Å². The molecule has 0 unspecified atom stereocenters. The molecule has 0 bridgehead atoms. The number of hydrogen-bond donors (Lipinski definition) is 0. The average molecular weight is 399 g/mol. The van der Waals surface area contributed by atoms with Gasteiger partial charge in [-0.3, -0.25) is 0 Å². The molecule has 0 N–H and O–H groups in total. The van der Waals surface area contributed by atoms with Gasteiger partial charge in [0.2, 0.25) is 0 Å². The summed E-state index contributed by atoms with van der Waals surface area (Å²) in [5.74, 6) is 0. The van der Waals surface area contributed by atoms with Crippen LogP contribution in [0.4, 0.5) is 24.5 Å². The lowest BCUT2D eigenvalue weighted by Crippen LogP contribution is -2.59. The van der Waals surface area contributed by atoms with Crippen LogP contribution in [-0.2, 0) is 6.18 Å².